The molecule has 22 heavy (non-hydrogen) atoms. The third-order valence-corrected chi connectivity index (χ3v) is 5.45. The third-order valence-electron chi connectivity index (χ3n) is 5.13. The maximum absolute atomic E-state index is 12.4. The summed E-state index contributed by atoms with van der Waals surface area (Å²) >= 11 is 6.20. The zero-order valence-electron chi connectivity index (χ0n) is 13.1. The van der Waals surface area contributed by atoms with Gasteiger partial charge in [-0.25, -0.2) is 0 Å². The lowest BCUT2D eigenvalue weighted by Gasteiger charge is -2.39. The van der Waals surface area contributed by atoms with Gasteiger partial charge in [-0.2, -0.15) is 0 Å². The number of ketones is 1. The molecule has 0 aliphatic carbocycles. The zero-order chi connectivity index (χ0) is 15.9. The fourth-order valence-electron chi connectivity index (χ4n) is 3.76. The first kappa shape index (κ1) is 15.3. The van der Waals surface area contributed by atoms with Crippen LogP contribution in [0.15, 0.2) is 18.2 Å². The van der Waals surface area contributed by atoms with Crippen molar-refractivity contribution in [2.24, 2.45) is 5.41 Å². The Kier molecular flexibility index (Phi) is 3.89. The number of rotatable bonds is 2. The summed E-state index contributed by atoms with van der Waals surface area (Å²) in [5.41, 5.74) is 1.31. The average molecular weight is 321 g/mol. The van der Waals surface area contributed by atoms with Gasteiger partial charge in [0.2, 0.25) is 5.91 Å². The van der Waals surface area contributed by atoms with Crippen molar-refractivity contribution < 1.29 is 9.59 Å². The highest BCUT2D eigenvalue weighted by atomic mass is 35.5. The molecule has 1 spiro atoms. The number of hydrogen-bond acceptors (Lipinski definition) is 3. The van der Waals surface area contributed by atoms with Crippen molar-refractivity contribution in [3.8, 4) is 0 Å². The van der Waals surface area contributed by atoms with Crippen LogP contribution in [0.1, 0.15) is 36.5 Å². The summed E-state index contributed by atoms with van der Waals surface area (Å²) in [6, 6.07) is 5.58. The molecule has 2 fully saturated rings. The van der Waals surface area contributed by atoms with E-state index in [4.69, 9.17) is 11.6 Å². The molecule has 1 aromatic carbocycles. The van der Waals surface area contributed by atoms with Crippen molar-refractivity contribution >= 4 is 29.0 Å². The van der Waals surface area contributed by atoms with Gasteiger partial charge in [-0.3, -0.25) is 9.59 Å². The van der Waals surface area contributed by atoms with Gasteiger partial charge in [0.25, 0.3) is 0 Å². The number of Topliss-reactive ketones (excluding diaryl/α,β-unsaturated/α-hetero) is 1. The Morgan fingerprint density at radius 2 is 1.82 bits per heavy atom. The van der Waals surface area contributed by atoms with Crippen LogP contribution in [-0.4, -0.2) is 43.3 Å². The minimum Gasteiger partial charge on any atom is -0.371 e. The first-order valence-electron chi connectivity index (χ1n) is 7.75. The van der Waals surface area contributed by atoms with Crippen molar-refractivity contribution in [1.29, 1.82) is 0 Å². The summed E-state index contributed by atoms with van der Waals surface area (Å²) in [6.45, 7) is 3.99. The molecule has 0 saturated carbocycles. The van der Waals surface area contributed by atoms with Gasteiger partial charge < -0.3 is 9.80 Å². The molecule has 0 aromatic heterocycles. The predicted octanol–water partition coefficient (Wildman–Crippen LogP) is 2.99. The van der Waals surface area contributed by atoms with Crippen LogP contribution in [0.25, 0.3) is 0 Å². The van der Waals surface area contributed by atoms with Gasteiger partial charge >= 0.3 is 0 Å². The van der Waals surface area contributed by atoms with Gasteiger partial charge in [0.15, 0.2) is 5.78 Å². The molecule has 1 amide bonds. The second kappa shape index (κ2) is 5.58. The maximum Gasteiger partial charge on any atom is 0.228 e. The number of hydrogen-bond donors (Lipinski definition) is 0. The monoisotopic (exact) mass is 320 g/mol. The second-order valence-electron chi connectivity index (χ2n) is 6.43. The Morgan fingerprint density at radius 1 is 1.18 bits per heavy atom. The predicted molar refractivity (Wildman–Crippen MR) is 87.6 cm³/mol. The van der Waals surface area contributed by atoms with Crippen LogP contribution in [0.3, 0.4) is 0 Å². The molecule has 2 saturated heterocycles. The van der Waals surface area contributed by atoms with Gasteiger partial charge in [-0.15, -0.1) is 0 Å². The van der Waals surface area contributed by atoms with Gasteiger partial charge in [-0.1, -0.05) is 17.7 Å². The highest BCUT2D eigenvalue weighted by Crippen LogP contribution is 2.42. The van der Waals surface area contributed by atoms with E-state index in [9.17, 15) is 9.59 Å². The lowest BCUT2D eigenvalue weighted by atomic mass is 9.77. The summed E-state index contributed by atoms with van der Waals surface area (Å²) in [6.07, 6.45) is 2.64. The molecule has 0 bridgehead atoms. The first-order valence-corrected chi connectivity index (χ1v) is 8.12. The number of carbonyl (C=O) groups is 2. The Hall–Kier alpha value is -1.55. The molecule has 2 aliphatic heterocycles. The lowest BCUT2D eigenvalue weighted by Crippen LogP contribution is -2.44. The van der Waals surface area contributed by atoms with Crippen LogP contribution < -0.4 is 4.90 Å². The van der Waals surface area contributed by atoms with E-state index in [1.165, 1.54) is 0 Å². The standard InChI is InChI=1S/C17H21ClN2O2/c1-12(21)15-13(18)4-3-5-14(15)20-10-7-17(8-11-20)6-9-19(2)16(17)22/h3-5H,6-11H2,1-2H3. The molecule has 2 aliphatic rings. The number of piperidine rings is 1. The van der Waals surface area contributed by atoms with Crippen molar-refractivity contribution in [3.63, 3.8) is 0 Å². The van der Waals surface area contributed by atoms with E-state index in [0.717, 1.165) is 44.6 Å². The third kappa shape index (κ3) is 2.39. The van der Waals surface area contributed by atoms with Crippen LogP contribution >= 0.6 is 11.6 Å². The smallest absolute Gasteiger partial charge is 0.228 e. The Labute approximate surface area is 136 Å². The van der Waals surface area contributed by atoms with E-state index in [1.54, 1.807) is 13.0 Å². The van der Waals surface area contributed by atoms with E-state index in [0.29, 0.717) is 10.6 Å². The molecule has 0 atom stereocenters. The summed E-state index contributed by atoms with van der Waals surface area (Å²) in [4.78, 5) is 28.3. The van der Waals surface area contributed by atoms with Crippen LogP contribution in [0.2, 0.25) is 5.02 Å². The lowest BCUT2D eigenvalue weighted by molar-refractivity contribution is -0.135. The second-order valence-corrected chi connectivity index (χ2v) is 6.84. The van der Waals surface area contributed by atoms with E-state index < -0.39 is 0 Å². The van der Waals surface area contributed by atoms with E-state index in [-0.39, 0.29) is 17.1 Å². The molecule has 0 radical (unpaired) electrons. The quantitative estimate of drug-likeness (QED) is 0.787. The van der Waals surface area contributed by atoms with E-state index in [1.807, 2.05) is 24.1 Å². The summed E-state index contributed by atoms with van der Waals surface area (Å²) in [5.74, 6) is 0.266. The number of likely N-dealkylation sites (tertiary alicyclic amines) is 1. The van der Waals surface area contributed by atoms with Crippen LogP contribution in [0.4, 0.5) is 5.69 Å². The molecule has 5 heteroatoms. The molecule has 4 nitrogen and oxygen atoms in total. The Balaban J connectivity index is 1.82. The molecule has 3 rings (SSSR count). The first-order chi connectivity index (χ1) is 10.4. The van der Waals surface area contributed by atoms with Gasteiger partial charge in [-0.05, 0) is 38.3 Å². The SMILES string of the molecule is CC(=O)c1c(Cl)cccc1N1CCC2(CCN(C)C2=O)CC1. The summed E-state index contributed by atoms with van der Waals surface area (Å²) in [7, 11) is 1.88. The molecule has 0 N–H and O–H groups in total. The number of halogens is 1. The van der Waals surface area contributed by atoms with Crippen molar-refractivity contribution in [2.45, 2.75) is 26.2 Å². The molecule has 0 unspecified atom stereocenters. The molecular formula is C17H21ClN2O2. The number of amides is 1. The Morgan fingerprint density at radius 3 is 2.36 bits per heavy atom. The number of nitrogens with zero attached hydrogens (tertiary/aromatic N) is 2. The minimum absolute atomic E-state index is 0.0161. The molecule has 1 aromatic rings. The van der Waals surface area contributed by atoms with Crippen LogP contribution in [-0.2, 0) is 4.79 Å². The van der Waals surface area contributed by atoms with Crippen LogP contribution in [0.5, 0.6) is 0 Å². The highest BCUT2D eigenvalue weighted by Gasteiger charge is 2.47. The minimum atomic E-state index is -0.180. The number of benzene rings is 1. The fourth-order valence-corrected chi connectivity index (χ4v) is 4.06. The molecule has 2 heterocycles. The van der Waals surface area contributed by atoms with Crippen LogP contribution in [0, 0.1) is 5.41 Å². The van der Waals surface area contributed by atoms with E-state index in [2.05, 4.69) is 4.90 Å². The van der Waals surface area contributed by atoms with Gasteiger partial charge in [0.05, 0.1) is 16.0 Å². The van der Waals surface area contributed by atoms with Gasteiger partial charge in [0, 0.05) is 32.4 Å². The number of carbonyl (C=O) groups excluding carboxylic acids is 2. The van der Waals surface area contributed by atoms with E-state index >= 15 is 0 Å². The number of anilines is 1. The molecule has 118 valence electrons. The summed E-state index contributed by atoms with van der Waals surface area (Å²) in [5, 5.41) is 0.502. The highest BCUT2D eigenvalue weighted by molar-refractivity contribution is 6.34. The summed E-state index contributed by atoms with van der Waals surface area (Å²) < 4.78 is 0. The topological polar surface area (TPSA) is 40.6 Å². The molecular weight excluding hydrogens is 300 g/mol. The zero-order valence-corrected chi connectivity index (χ0v) is 13.8. The maximum atomic E-state index is 12.4. The van der Waals surface area contributed by atoms with Crippen molar-refractivity contribution in [3.05, 3.63) is 28.8 Å². The van der Waals surface area contributed by atoms with Crippen molar-refractivity contribution in [1.82, 2.24) is 4.90 Å². The van der Waals surface area contributed by atoms with Crippen molar-refractivity contribution in [2.75, 3.05) is 31.6 Å². The Bertz CT molecular complexity index is 621. The largest absolute Gasteiger partial charge is 0.371 e. The normalized spacial score (nSPS) is 20.8. The fraction of sp³-hybridized carbons (Fsp3) is 0.529. The van der Waals surface area contributed by atoms with Gasteiger partial charge in [0.1, 0.15) is 0 Å². The average Bonchev–Trinajstić information content (AvgIpc) is 2.76.